The van der Waals surface area contributed by atoms with Gasteiger partial charge in [-0.2, -0.15) is 0 Å². The zero-order valence-electron chi connectivity index (χ0n) is 11.9. The van der Waals surface area contributed by atoms with Crippen molar-refractivity contribution in [3.63, 3.8) is 0 Å². The minimum atomic E-state index is 0.706. The van der Waals surface area contributed by atoms with Gasteiger partial charge in [0.15, 0.2) is 0 Å². The molecular formula is C17H27N. The molecule has 1 fully saturated rings. The summed E-state index contributed by atoms with van der Waals surface area (Å²) in [6, 6.07) is 9.89. The van der Waals surface area contributed by atoms with Gasteiger partial charge in [0.05, 0.1) is 0 Å². The molecule has 100 valence electrons. The maximum atomic E-state index is 3.70. The van der Waals surface area contributed by atoms with E-state index in [1.54, 1.807) is 0 Å². The third-order valence-electron chi connectivity index (χ3n) is 3.90. The second-order valence-electron chi connectivity index (χ2n) is 5.79. The van der Waals surface area contributed by atoms with Crippen LogP contribution in [0, 0.1) is 6.92 Å². The average Bonchev–Trinajstić information content (AvgIpc) is 3.17. The van der Waals surface area contributed by atoms with Crippen molar-refractivity contribution in [2.45, 2.75) is 64.3 Å². The van der Waals surface area contributed by atoms with Crippen molar-refractivity contribution in [1.29, 1.82) is 0 Å². The molecule has 1 N–H and O–H groups in total. The first-order chi connectivity index (χ1) is 8.79. The van der Waals surface area contributed by atoms with E-state index < -0.39 is 0 Å². The maximum Gasteiger partial charge on any atom is 0.00684 e. The van der Waals surface area contributed by atoms with Crippen molar-refractivity contribution >= 4 is 0 Å². The van der Waals surface area contributed by atoms with Gasteiger partial charge in [-0.25, -0.2) is 0 Å². The Hall–Kier alpha value is -0.820. The summed E-state index contributed by atoms with van der Waals surface area (Å²) in [6.45, 7) is 5.64. The molecule has 0 amide bonds. The van der Waals surface area contributed by atoms with Gasteiger partial charge in [-0.15, -0.1) is 0 Å². The highest BCUT2D eigenvalue weighted by Gasteiger charge is 2.22. The first-order valence-corrected chi connectivity index (χ1v) is 7.59. The van der Waals surface area contributed by atoms with Crippen LogP contribution in [0.5, 0.6) is 0 Å². The highest BCUT2D eigenvalue weighted by Crippen LogP contribution is 2.25. The molecule has 0 bridgehead atoms. The summed E-state index contributed by atoms with van der Waals surface area (Å²) in [6.07, 6.45) is 8.14. The van der Waals surface area contributed by atoms with Crippen molar-refractivity contribution in [2.24, 2.45) is 0 Å². The average molecular weight is 245 g/mol. The Balaban J connectivity index is 1.92. The Morgan fingerprint density at radius 2 is 2.11 bits per heavy atom. The number of hydrogen-bond acceptors (Lipinski definition) is 1. The zero-order chi connectivity index (χ0) is 12.8. The summed E-state index contributed by atoms with van der Waals surface area (Å²) >= 11 is 0. The molecule has 1 heteroatoms. The van der Waals surface area contributed by atoms with Crippen LogP contribution in [0.25, 0.3) is 0 Å². The van der Waals surface area contributed by atoms with Crippen LogP contribution in [0.3, 0.4) is 0 Å². The van der Waals surface area contributed by atoms with Crippen LogP contribution >= 0.6 is 0 Å². The van der Waals surface area contributed by atoms with Gasteiger partial charge in [0, 0.05) is 12.6 Å². The molecule has 1 unspecified atom stereocenters. The molecular weight excluding hydrogens is 218 g/mol. The second kappa shape index (κ2) is 6.94. The molecule has 1 saturated carbocycles. The fourth-order valence-corrected chi connectivity index (χ4v) is 2.55. The van der Waals surface area contributed by atoms with Crippen LogP contribution in [-0.2, 0) is 0 Å². The van der Waals surface area contributed by atoms with E-state index in [0.717, 1.165) is 12.6 Å². The predicted molar refractivity (Wildman–Crippen MR) is 79.1 cm³/mol. The number of benzene rings is 1. The summed E-state index contributed by atoms with van der Waals surface area (Å²) in [5.41, 5.74) is 2.92. The van der Waals surface area contributed by atoms with Crippen LogP contribution in [0.2, 0.25) is 0 Å². The van der Waals surface area contributed by atoms with Crippen LogP contribution in [-0.4, -0.2) is 12.6 Å². The second-order valence-corrected chi connectivity index (χ2v) is 5.79. The molecule has 1 aliphatic rings. The normalized spacial score (nSPS) is 16.8. The van der Waals surface area contributed by atoms with Gasteiger partial charge in [-0.3, -0.25) is 0 Å². The van der Waals surface area contributed by atoms with E-state index in [9.17, 15) is 0 Å². The number of hydrogen-bond donors (Lipinski definition) is 1. The van der Waals surface area contributed by atoms with Gasteiger partial charge >= 0.3 is 0 Å². The Bertz CT molecular complexity index is 354. The standard InChI is InChI=1S/C17H27N/c1-3-4-5-8-16(13-18-17-10-11-17)15-9-6-7-14(2)12-15/h6-7,9,12,16-18H,3-5,8,10-11,13H2,1-2H3. The molecule has 0 spiro atoms. The smallest absolute Gasteiger partial charge is 0.00684 e. The van der Waals surface area contributed by atoms with Gasteiger partial charge < -0.3 is 5.32 Å². The largest absolute Gasteiger partial charge is 0.313 e. The predicted octanol–water partition coefficient (Wildman–Crippen LogP) is 4.41. The highest BCUT2D eigenvalue weighted by molar-refractivity contribution is 5.25. The molecule has 1 aromatic carbocycles. The van der Waals surface area contributed by atoms with E-state index in [4.69, 9.17) is 0 Å². The quantitative estimate of drug-likeness (QED) is 0.669. The monoisotopic (exact) mass is 245 g/mol. The lowest BCUT2D eigenvalue weighted by Gasteiger charge is -2.18. The highest BCUT2D eigenvalue weighted by atomic mass is 14.9. The van der Waals surface area contributed by atoms with E-state index in [0.29, 0.717) is 5.92 Å². The van der Waals surface area contributed by atoms with E-state index >= 15 is 0 Å². The lowest BCUT2D eigenvalue weighted by atomic mass is 9.92. The minimum absolute atomic E-state index is 0.706. The van der Waals surface area contributed by atoms with Gasteiger partial charge in [-0.05, 0) is 37.7 Å². The molecule has 0 saturated heterocycles. The number of unbranched alkanes of at least 4 members (excludes halogenated alkanes) is 2. The Morgan fingerprint density at radius 1 is 1.28 bits per heavy atom. The van der Waals surface area contributed by atoms with E-state index in [1.807, 2.05) is 0 Å². The minimum Gasteiger partial charge on any atom is -0.313 e. The number of rotatable bonds is 8. The van der Waals surface area contributed by atoms with Crippen molar-refractivity contribution < 1.29 is 0 Å². The summed E-state index contributed by atoms with van der Waals surface area (Å²) < 4.78 is 0. The third-order valence-corrected chi connectivity index (χ3v) is 3.90. The third kappa shape index (κ3) is 4.45. The molecule has 18 heavy (non-hydrogen) atoms. The lowest BCUT2D eigenvalue weighted by Crippen LogP contribution is -2.23. The van der Waals surface area contributed by atoms with Gasteiger partial charge in [0.2, 0.25) is 0 Å². The van der Waals surface area contributed by atoms with Crippen molar-refractivity contribution in [3.8, 4) is 0 Å². The molecule has 0 heterocycles. The summed E-state index contributed by atoms with van der Waals surface area (Å²) in [5, 5.41) is 3.70. The van der Waals surface area contributed by atoms with E-state index in [-0.39, 0.29) is 0 Å². The Morgan fingerprint density at radius 3 is 2.78 bits per heavy atom. The van der Waals surface area contributed by atoms with E-state index in [1.165, 1.54) is 49.7 Å². The van der Waals surface area contributed by atoms with Crippen LogP contribution in [0.4, 0.5) is 0 Å². The molecule has 0 aliphatic heterocycles. The molecule has 1 aromatic rings. The zero-order valence-corrected chi connectivity index (χ0v) is 11.9. The first kappa shape index (κ1) is 13.6. The molecule has 0 aromatic heterocycles. The molecule has 1 aliphatic carbocycles. The molecule has 2 rings (SSSR count). The maximum absolute atomic E-state index is 3.70. The number of nitrogens with one attached hydrogen (secondary N) is 1. The number of aryl methyl sites for hydroxylation is 1. The SMILES string of the molecule is CCCCCC(CNC1CC1)c1cccc(C)c1. The van der Waals surface area contributed by atoms with E-state index in [2.05, 4.69) is 43.4 Å². The molecule has 1 atom stereocenters. The van der Waals surface area contributed by atoms with Gasteiger partial charge in [0.25, 0.3) is 0 Å². The van der Waals surface area contributed by atoms with Crippen LogP contribution < -0.4 is 5.32 Å². The van der Waals surface area contributed by atoms with Crippen molar-refractivity contribution in [1.82, 2.24) is 5.32 Å². The first-order valence-electron chi connectivity index (χ1n) is 7.59. The summed E-state index contributed by atoms with van der Waals surface area (Å²) in [4.78, 5) is 0. The summed E-state index contributed by atoms with van der Waals surface area (Å²) in [7, 11) is 0. The Kier molecular flexibility index (Phi) is 5.25. The van der Waals surface area contributed by atoms with Gasteiger partial charge in [-0.1, -0.05) is 56.0 Å². The topological polar surface area (TPSA) is 12.0 Å². The fourth-order valence-electron chi connectivity index (χ4n) is 2.55. The van der Waals surface area contributed by atoms with Crippen LogP contribution in [0.1, 0.15) is 62.5 Å². The van der Waals surface area contributed by atoms with Crippen LogP contribution in [0.15, 0.2) is 24.3 Å². The van der Waals surface area contributed by atoms with Crippen molar-refractivity contribution in [3.05, 3.63) is 35.4 Å². The Labute approximate surface area is 112 Å². The molecule has 1 nitrogen and oxygen atoms in total. The fraction of sp³-hybridized carbons (Fsp3) is 0.647. The molecule has 0 radical (unpaired) electrons. The summed E-state index contributed by atoms with van der Waals surface area (Å²) in [5.74, 6) is 0.706. The van der Waals surface area contributed by atoms with Gasteiger partial charge in [0.1, 0.15) is 0 Å². The lowest BCUT2D eigenvalue weighted by molar-refractivity contribution is 0.518. The van der Waals surface area contributed by atoms with Crippen molar-refractivity contribution in [2.75, 3.05) is 6.54 Å².